The lowest BCUT2D eigenvalue weighted by Crippen LogP contribution is -2.35. The van der Waals surface area contributed by atoms with Crippen LogP contribution in [0, 0.1) is 0 Å². The maximum atomic E-state index is 12.9. The van der Waals surface area contributed by atoms with Gasteiger partial charge in [0.05, 0.1) is 5.69 Å². The maximum Gasteiger partial charge on any atom is 0.255 e. The summed E-state index contributed by atoms with van der Waals surface area (Å²) >= 11 is 0. The quantitative estimate of drug-likeness (QED) is 0.553. The van der Waals surface area contributed by atoms with E-state index in [2.05, 4.69) is 15.5 Å². The predicted octanol–water partition coefficient (Wildman–Crippen LogP) is 3.90. The minimum Gasteiger partial charge on any atom is -0.399 e. The van der Waals surface area contributed by atoms with Crippen molar-refractivity contribution in [3.05, 3.63) is 78.4 Å². The highest BCUT2D eigenvalue weighted by Crippen LogP contribution is 2.30. The molecule has 3 aromatic carbocycles. The first kappa shape index (κ1) is 20.5. The van der Waals surface area contributed by atoms with E-state index in [-0.39, 0.29) is 17.9 Å². The Balaban J connectivity index is 1.48. The molecular formula is C25H26N4O2. The molecule has 6 nitrogen and oxygen atoms in total. The van der Waals surface area contributed by atoms with Crippen LogP contribution in [-0.4, -0.2) is 30.9 Å². The third-order valence-electron chi connectivity index (χ3n) is 5.47. The van der Waals surface area contributed by atoms with E-state index in [0.717, 1.165) is 36.3 Å². The normalized spacial score (nSPS) is 15.5. The lowest BCUT2D eigenvalue weighted by Gasteiger charge is -2.19. The molecule has 158 valence electrons. The van der Waals surface area contributed by atoms with Gasteiger partial charge in [0.25, 0.3) is 5.91 Å². The Bertz CT molecular complexity index is 1080. The van der Waals surface area contributed by atoms with Crippen LogP contribution in [0.25, 0.3) is 11.1 Å². The van der Waals surface area contributed by atoms with Crippen LogP contribution in [0.15, 0.2) is 72.8 Å². The Labute approximate surface area is 182 Å². The standard InChI is InChI=1S/C25H26N4O2/c1-17(30)27-21-13-14-29(16-21)22-10-7-19(8-11-22)25(31)28-24-15-20(26)9-12-23(24)18-5-3-2-4-6-18/h2-12,15,21H,13-14,16,26H2,1H3,(H,27,30)(H,28,31)/t21-/m0/s1. The molecule has 3 aromatic rings. The molecule has 0 saturated carbocycles. The fourth-order valence-corrected chi connectivity index (χ4v) is 3.95. The van der Waals surface area contributed by atoms with Crippen molar-refractivity contribution >= 4 is 28.9 Å². The second-order valence-corrected chi connectivity index (χ2v) is 7.80. The summed E-state index contributed by atoms with van der Waals surface area (Å²) in [5, 5.41) is 5.97. The number of amides is 2. The second-order valence-electron chi connectivity index (χ2n) is 7.80. The Morgan fingerprint density at radius 2 is 1.74 bits per heavy atom. The molecule has 1 heterocycles. The number of carbonyl (C=O) groups excluding carboxylic acids is 2. The first-order chi connectivity index (χ1) is 15.0. The van der Waals surface area contributed by atoms with Crippen LogP contribution in [0.4, 0.5) is 17.1 Å². The highest BCUT2D eigenvalue weighted by molar-refractivity contribution is 6.06. The van der Waals surface area contributed by atoms with Crippen molar-refractivity contribution in [1.82, 2.24) is 5.32 Å². The number of nitrogens with zero attached hydrogens (tertiary/aromatic N) is 1. The zero-order valence-corrected chi connectivity index (χ0v) is 17.5. The van der Waals surface area contributed by atoms with Gasteiger partial charge >= 0.3 is 0 Å². The fraction of sp³-hybridized carbons (Fsp3) is 0.200. The van der Waals surface area contributed by atoms with E-state index in [1.165, 1.54) is 0 Å². The maximum absolute atomic E-state index is 12.9. The van der Waals surface area contributed by atoms with E-state index >= 15 is 0 Å². The van der Waals surface area contributed by atoms with Crippen LogP contribution < -0.4 is 21.3 Å². The highest BCUT2D eigenvalue weighted by atomic mass is 16.2. The number of hydrogen-bond acceptors (Lipinski definition) is 4. The molecule has 1 aliphatic heterocycles. The number of anilines is 3. The average Bonchev–Trinajstić information content (AvgIpc) is 3.22. The Morgan fingerprint density at radius 1 is 1.00 bits per heavy atom. The highest BCUT2D eigenvalue weighted by Gasteiger charge is 2.23. The molecule has 1 atom stereocenters. The first-order valence-electron chi connectivity index (χ1n) is 10.4. The molecule has 31 heavy (non-hydrogen) atoms. The van der Waals surface area contributed by atoms with E-state index in [0.29, 0.717) is 16.9 Å². The summed E-state index contributed by atoms with van der Waals surface area (Å²) in [5.74, 6) is -0.192. The molecule has 0 aliphatic carbocycles. The topological polar surface area (TPSA) is 87.5 Å². The van der Waals surface area contributed by atoms with Gasteiger partial charge in [0, 0.05) is 48.6 Å². The first-order valence-corrected chi connectivity index (χ1v) is 10.4. The fourth-order valence-electron chi connectivity index (χ4n) is 3.95. The molecule has 4 rings (SSSR count). The summed E-state index contributed by atoms with van der Waals surface area (Å²) < 4.78 is 0. The third kappa shape index (κ3) is 4.86. The monoisotopic (exact) mass is 414 g/mol. The molecule has 1 fully saturated rings. The second kappa shape index (κ2) is 8.92. The van der Waals surface area contributed by atoms with Crippen molar-refractivity contribution in [2.24, 2.45) is 0 Å². The van der Waals surface area contributed by atoms with Crippen LogP contribution in [0.3, 0.4) is 0 Å². The molecule has 0 spiro atoms. The van der Waals surface area contributed by atoms with Gasteiger partial charge in [0.15, 0.2) is 0 Å². The SMILES string of the molecule is CC(=O)N[C@H]1CCN(c2ccc(C(=O)Nc3cc(N)ccc3-c3ccccc3)cc2)C1. The summed E-state index contributed by atoms with van der Waals surface area (Å²) in [4.78, 5) is 26.4. The van der Waals surface area contributed by atoms with E-state index in [9.17, 15) is 9.59 Å². The molecular weight excluding hydrogens is 388 g/mol. The number of benzene rings is 3. The molecule has 1 aliphatic rings. The van der Waals surface area contributed by atoms with Crippen molar-refractivity contribution < 1.29 is 9.59 Å². The number of nitrogens with two attached hydrogens (primary N) is 1. The van der Waals surface area contributed by atoms with Crippen molar-refractivity contribution in [2.75, 3.05) is 29.0 Å². The van der Waals surface area contributed by atoms with Crippen molar-refractivity contribution in [1.29, 1.82) is 0 Å². The van der Waals surface area contributed by atoms with Gasteiger partial charge in [0.2, 0.25) is 5.91 Å². The Kier molecular flexibility index (Phi) is 5.89. The predicted molar refractivity (Wildman–Crippen MR) is 125 cm³/mol. The molecule has 0 unspecified atom stereocenters. The van der Waals surface area contributed by atoms with Gasteiger partial charge in [-0.1, -0.05) is 36.4 Å². The van der Waals surface area contributed by atoms with E-state index in [1.54, 1.807) is 13.0 Å². The largest absolute Gasteiger partial charge is 0.399 e. The van der Waals surface area contributed by atoms with Crippen LogP contribution in [0.1, 0.15) is 23.7 Å². The van der Waals surface area contributed by atoms with Crippen LogP contribution in [0.5, 0.6) is 0 Å². The molecule has 6 heteroatoms. The lowest BCUT2D eigenvalue weighted by molar-refractivity contribution is -0.119. The zero-order chi connectivity index (χ0) is 21.8. The minimum atomic E-state index is -0.188. The van der Waals surface area contributed by atoms with Gasteiger partial charge < -0.3 is 21.3 Å². The molecule has 2 amide bonds. The van der Waals surface area contributed by atoms with Crippen LogP contribution in [0.2, 0.25) is 0 Å². The van der Waals surface area contributed by atoms with E-state index in [1.807, 2.05) is 66.7 Å². The van der Waals surface area contributed by atoms with Crippen molar-refractivity contribution in [2.45, 2.75) is 19.4 Å². The number of hydrogen-bond donors (Lipinski definition) is 3. The van der Waals surface area contributed by atoms with E-state index in [4.69, 9.17) is 5.73 Å². The molecule has 0 bridgehead atoms. The van der Waals surface area contributed by atoms with Crippen LogP contribution >= 0.6 is 0 Å². The Hall–Kier alpha value is -3.80. The summed E-state index contributed by atoms with van der Waals surface area (Å²) in [6, 6.07) is 23.1. The molecule has 1 saturated heterocycles. The summed E-state index contributed by atoms with van der Waals surface area (Å²) in [6.07, 6.45) is 0.916. The van der Waals surface area contributed by atoms with E-state index < -0.39 is 0 Å². The molecule has 4 N–H and O–H groups in total. The number of rotatable bonds is 5. The smallest absolute Gasteiger partial charge is 0.255 e. The zero-order valence-electron chi connectivity index (χ0n) is 17.5. The van der Waals surface area contributed by atoms with Gasteiger partial charge in [-0.05, 0) is 48.4 Å². The van der Waals surface area contributed by atoms with Crippen molar-refractivity contribution in [3.63, 3.8) is 0 Å². The minimum absolute atomic E-state index is 0.00436. The van der Waals surface area contributed by atoms with Gasteiger partial charge in [0.1, 0.15) is 0 Å². The summed E-state index contributed by atoms with van der Waals surface area (Å²) in [7, 11) is 0. The van der Waals surface area contributed by atoms with Gasteiger partial charge in [-0.15, -0.1) is 0 Å². The third-order valence-corrected chi connectivity index (χ3v) is 5.47. The number of nitrogens with one attached hydrogen (secondary N) is 2. The molecule has 0 aromatic heterocycles. The lowest BCUT2D eigenvalue weighted by atomic mass is 10.0. The van der Waals surface area contributed by atoms with Gasteiger partial charge in [-0.2, -0.15) is 0 Å². The summed E-state index contributed by atoms with van der Waals surface area (Å²) in [6.45, 7) is 3.19. The summed E-state index contributed by atoms with van der Waals surface area (Å²) in [5.41, 5.74) is 10.8. The number of carbonyl (C=O) groups is 2. The molecule has 0 radical (unpaired) electrons. The average molecular weight is 415 g/mol. The van der Waals surface area contributed by atoms with Gasteiger partial charge in [-0.25, -0.2) is 0 Å². The van der Waals surface area contributed by atoms with Gasteiger partial charge in [-0.3, -0.25) is 9.59 Å². The Morgan fingerprint density at radius 3 is 2.45 bits per heavy atom. The number of nitrogen functional groups attached to an aromatic ring is 1. The van der Waals surface area contributed by atoms with Crippen LogP contribution in [-0.2, 0) is 4.79 Å². The van der Waals surface area contributed by atoms with Crippen molar-refractivity contribution in [3.8, 4) is 11.1 Å².